The fraction of sp³-hybridized carbons (Fsp3) is 0.786. The first-order chi connectivity index (χ1) is 15.7. The van der Waals surface area contributed by atoms with E-state index >= 15 is 0 Å². The van der Waals surface area contributed by atoms with Crippen LogP contribution in [0.5, 0.6) is 11.5 Å². The van der Waals surface area contributed by atoms with Gasteiger partial charge in [-0.2, -0.15) is 0 Å². The molecule has 1 atom stereocenters. The number of aromatic hydroxyl groups is 1. The maximum absolute atomic E-state index is 9.91. The van der Waals surface area contributed by atoms with Crippen molar-refractivity contribution in [1.29, 1.82) is 0 Å². The summed E-state index contributed by atoms with van der Waals surface area (Å²) in [6.07, 6.45) is 22.6. The number of hydrogen-bond acceptors (Lipinski definition) is 4. The van der Waals surface area contributed by atoms with E-state index in [2.05, 4.69) is 6.92 Å². The number of phenols is 1. The maximum atomic E-state index is 9.91. The number of rotatable bonds is 23. The Hall–Kier alpha value is -1.26. The number of phenolic OH excluding ortho intramolecular Hbond substituents is 1. The van der Waals surface area contributed by atoms with E-state index in [9.17, 15) is 10.2 Å². The first-order valence-corrected chi connectivity index (χ1v) is 13.4. The summed E-state index contributed by atoms with van der Waals surface area (Å²) in [5.74, 6) is 0.712. The monoisotopic (exact) mass is 450 g/mol. The van der Waals surface area contributed by atoms with Crippen LogP contribution < -0.4 is 4.74 Å². The molecule has 0 radical (unpaired) electrons. The van der Waals surface area contributed by atoms with Gasteiger partial charge in [0.15, 0.2) is 0 Å². The van der Waals surface area contributed by atoms with Crippen LogP contribution in [0.4, 0.5) is 0 Å². The van der Waals surface area contributed by atoms with Crippen molar-refractivity contribution < 1.29 is 19.7 Å². The molecule has 1 unspecified atom stereocenters. The molecule has 0 heterocycles. The molecule has 0 aliphatic heterocycles. The number of aliphatic hydroxyl groups is 1. The van der Waals surface area contributed by atoms with Crippen LogP contribution in [-0.2, 0) is 4.74 Å². The van der Waals surface area contributed by atoms with Crippen LogP contribution in [-0.4, -0.2) is 36.1 Å². The van der Waals surface area contributed by atoms with Gasteiger partial charge in [0.2, 0.25) is 0 Å². The van der Waals surface area contributed by atoms with Gasteiger partial charge in [-0.3, -0.25) is 0 Å². The Labute approximate surface area is 197 Å². The van der Waals surface area contributed by atoms with E-state index in [1.165, 1.54) is 109 Å². The summed E-state index contributed by atoms with van der Waals surface area (Å²) >= 11 is 0. The average molecular weight is 451 g/mol. The maximum Gasteiger partial charge on any atom is 0.123 e. The van der Waals surface area contributed by atoms with Gasteiger partial charge in [0.25, 0.3) is 0 Å². The van der Waals surface area contributed by atoms with Gasteiger partial charge in [-0.15, -0.1) is 0 Å². The van der Waals surface area contributed by atoms with Gasteiger partial charge in [-0.05, 0) is 18.6 Å². The number of unbranched alkanes of at least 4 members (excludes halogenated alkanes) is 16. The Kier molecular flexibility index (Phi) is 19.4. The van der Waals surface area contributed by atoms with Crippen molar-refractivity contribution >= 4 is 0 Å². The quantitative estimate of drug-likeness (QED) is 0.167. The van der Waals surface area contributed by atoms with Gasteiger partial charge in [0, 0.05) is 12.7 Å². The zero-order valence-corrected chi connectivity index (χ0v) is 20.7. The Morgan fingerprint density at radius 1 is 0.688 bits per heavy atom. The van der Waals surface area contributed by atoms with Gasteiger partial charge in [0.05, 0.1) is 6.61 Å². The summed E-state index contributed by atoms with van der Waals surface area (Å²) in [6, 6.07) is 6.59. The third-order valence-electron chi connectivity index (χ3n) is 5.96. The van der Waals surface area contributed by atoms with Crippen molar-refractivity contribution in [3.8, 4) is 11.5 Å². The minimum atomic E-state index is -0.650. The van der Waals surface area contributed by atoms with E-state index in [0.29, 0.717) is 12.4 Å². The lowest BCUT2D eigenvalue weighted by Gasteiger charge is -2.13. The Balaban J connectivity index is 1.74. The number of benzene rings is 1. The highest BCUT2D eigenvalue weighted by Gasteiger charge is 2.06. The van der Waals surface area contributed by atoms with Crippen molar-refractivity contribution in [3.05, 3.63) is 24.3 Å². The lowest BCUT2D eigenvalue weighted by atomic mass is 10.0. The molecule has 0 aromatic heterocycles. The minimum Gasteiger partial charge on any atom is -0.508 e. The fourth-order valence-electron chi connectivity index (χ4n) is 3.96. The summed E-state index contributed by atoms with van der Waals surface area (Å²) in [6.45, 7) is 3.44. The van der Waals surface area contributed by atoms with Crippen molar-refractivity contribution in [2.45, 2.75) is 122 Å². The molecule has 4 heteroatoms. The molecule has 4 nitrogen and oxygen atoms in total. The van der Waals surface area contributed by atoms with Crippen LogP contribution in [0.2, 0.25) is 0 Å². The Morgan fingerprint density at radius 2 is 1.19 bits per heavy atom. The van der Waals surface area contributed by atoms with Gasteiger partial charge < -0.3 is 19.7 Å². The Bertz CT molecular complexity index is 520. The molecule has 0 fully saturated rings. The van der Waals surface area contributed by atoms with E-state index in [0.717, 1.165) is 6.42 Å². The molecule has 1 aromatic carbocycles. The third-order valence-corrected chi connectivity index (χ3v) is 5.96. The number of hydrogen-bond donors (Lipinski definition) is 2. The van der Waals surface area contributed by atoms with Gasteiger partial charge in [0.1, 0.15) is 24.2 Å². The van der Waals surface area contributed by atoms with Gasteiger partial charge in [-0.1, -0.05) is 116 Å². The number of aliphatic hydroxyl groups excluding tert-OH is 1. The van der Waals surface area contributed by atoms with E-state index in [1.54, 1.807) is 18.2 Å². The Morgan fingerprint density at radius 3 is 1.69 bits per heavy atom. The smallest absolute Gasteiger partial charge is 0.123 e. The molecule has 1 aromatic rings. The second kappa shape index (κ2) is 21.6. The summed E-state index contributed by atoms with van der Waals surface area (Å²) in [4.78, 5) is 0. The second-order valence-electron chi connectivity index (χ2n) is 9.19. The topological polar surface area (TPSA) is 58.9 Å². The third kappa shape index (κ3) is 18.3. The predicted molar refractivity (Wildman–Crippen MR) is 135 cm³/mol. The van der Waals surface area contributed by atoms with Crippen LogP contribution in [0.1, 0.15) is 116 Å². The summed E-state index contributed by atoms with van der Waals surface area (Å²) in [5, 5.41) is 19.3. The van der Waals surface area contributed by atoms with Crippen LogP contribution >= 0.6 is 0 Å². The highest BCUT2D eigenvalue weighted by Crippen LogP contribution is 2.18. The van der Waals surface area contributed by atoms with Crippen LogP contribution in [0.25, 0.3) is 0 Å². The highest BCUT2D eigenvalue weighted by atomic mass is 16.5. The van der Waals surface area contributed by atoms with Crippen molar-refractivity contribution in [2.75, 3.05) is 19.8 Å². The zero-order valence-electron chi connectivity index (χ0n) is 20.7. The molecule has 186 valence electrons. The van der Waals surface area contributed by atoms with Crippen LogP contribution in [0.15, 0.2) is 24.3 Å². The molecule has 2 N–H and O–H groups in total. The van der Waals surface area contributed by atoms with Crippen molar-refractivity contribution in [1.82, 2.24) is 0 Å². The first kappa shape index (κ1) is 28.8. The van der Waals surface area contributed by atoms with E-state index < -0.39 is 6.10 Å². The highest BCUT2D eigenvalue weighted by molar-refractivity contribution is 5.31. The lowest BCUT2D eigenvalue weighted by Crippen LogP contribution is -2.23. The zero-order chi connectivity index (χ0) is 23.1. The molecule has 0 bridgehead atoms. The molecule has 1 rings (SSSR count). The standard InChI is InChI=1S/C28H50O4/c1-2-3-4-5-6-7-8-9-10-11-12-13-14-15-16-17-18-22-31-24-27(30)25-32-28-21-19-20-26(29)23-28/h19-21,23,27,29-30H,2-18,22,24-25H2,1H3. The molecular formula is C28H50O4. The predicted octanol–water partition coefficient (Wildman–Crippen LogP) is 7.80. The van der Waals surface area contributed by atoms with Crippen molar-refractivity contribution in [2.24, 2.45) is 0 Å². The molecule has 0 spiro atoms. The molecule has 0 aliphatic carbocycles. The summed E-state index contributed by atoms with van der Waals surface area (Å²) < 4.78 is 11.0. The summed E-state index contributed by atoms with van der Waals surface area (Å²) in [5.41, 5.74) is 0. The molecule has 0 amide bonds. The van der Waals surface area contributed by atoms with Crippen LogP contribution in [0.3, 0.4) is 0 Å². The second-order valence-corrected chi connectivity index (χ2v) is 9.19. The fourth-order valence-corrected chi connectivity index (χ4v) is 3.96. The minimum absolute atomic E-state index is 0.159. The lowest BCUT2D eigenvalue weighted by molar-refractivity contribution is 0.0109. The van der Waals surface area contributed by atoms with E-state index in [-0.39, 0.29) is 19.0 Å². The average Bonchev–Trinajstić information content (AvgIpc) is 2.79. The van der Waals surface area contributed by atoms with E-state index in [1.807, 2.05) is 0 Å². The van der Waals surface area contributed by atoms with Crippen molar-refractivity contribution in [3.63, 3.8) is 0 Å². The largest absolute Gasteiger partial charge is 0.508 e. The molecule has 0 saturated heterocycles. The SMILES string of the molecule is CCCCCCCCCCCCCCCCCCCOCC(O)COc1cccc(O)c1. The van der Waals surface area contributed by atoms with Crippen LogP contribution in [0, 0.1) is 0 Å². The summed E-state index contributed by atoms with van der Waals surface area (Å²) in [7, 11) is 0. The first-order valence-electron chi connectivity index (χ1n) is 13.4. The van der Waals surface area contributed by atoms with Gasteiger partial charge >= 0.3 is 0 Å². The normalized spacial score (nSPS) is 12.2. The molecule has 0 aliphatic rings. The number of ether oxygens (including phenoxy) is 2. The van der Waals surface area contributed by atoms with Gasteiger partial charge in [-0.25, -0.2) is 0 Å². The van der Waals surface area contributed by atoms with E-state index in [4.69, 9.17) is 9.47 Å². The molecule has 0 saturated carbocycles. The molecule has 32 heavy (non-hydrogen) atoms. The molecular weight excluding hydrogens is 400 g/mol.